The SMILES string of the molecule is CCCNCCNC(=O)c1ccc(N2CCN(C(C)C)CC2)cc1. The van der Waals surface area contributed by atoms with Gasteiger partial charge in [0.2, 0.25) is 0 Å². The van der Waals surface area contributed by atoms with Gasteiger partial charge in [-0.05, 0) is 51.1 Å². The van der Waals surface area contributed by atoms with Crippen LogP contribution >= 0.6 is 0 Å². The van der Waals surface area contributed by atoms with E-state index < -0.39 is 0 Å². The van der Waals surface area contributed by atoms with E-state index in [0.717, 1.165) is 51.3 Å². The zero-order chi connectivity index (χ0) is 17.4. The number of nitrogens with zero attached hydrogens (tertiary/aromatic N) is 2. The molecular formula is C19H32N4O. The van der Waals surface area contributed by atoms with E-state index in [4.69, 9.17) is 0 Å². The van der Waals surface area contributed by atoms with Crippen LogP contribution in [0.2, 0.25) is 0 Å². The summed E-state index contributed by atoms with van der Waals surface area (Å²) in [6.07, 6.45) is 1.11. The van der Waals surface area contributed by atoms with Crippen molar-refractivity contribution in [2.45, 2.75) is 33.2 Å². The quantitative estimate of drug-likeness (QED) is 0.715. The number of carbonyl (C=O) groups excluding carboxylic acids is 1. The number of anilines is 1. The van der Waals surface area contributed by atoms with Gasteiger partial charge in [-0.15, -0.1) is 0 Å². The van der Waals surface area contributed by atoms with Crippen LogP contribution in [-0.4, -0.2) is 62.7 Å². The minimum absolute atomic E-state index is 0.00414. The van der Waals surface area contributed by atoms with Gasteiger partial charge < -0.3 is 15.5 Å². The van der Waals surface area contributed by atoms with Crippen LogP contribution in [0.5, 0.6) is 0 Å². The molecule has 0 bridgehead atoms. The molecule has 1 heterocycles. The first kappa shape index (κ1) is 18.7. The van der Waals surface area contributed by atoms with Gasteiger partial charge in [0, 0.05) is 56.6 Å². The fraction of sp³-hybridized carbons (Fsp3) is 0.632. The van der Waals surface area contributed by atoms with Crippen LogP contribution in [0.25, 0.3) is 0 Å². The van der Waals surface area contributed by atoms with Crippen LogP contribution in [0, 0.1) is 0 Å². The molecule has 134 valence electrons. The molecule has 0 aliphatic carbocycles. The van der Waals surface area contributed by atoms with Crippen molar-refractivity contribution in [1.82, 2.24) is 15.5 Å². The first-order valence-electron chi connectivity index (χ1n) is 9.19. The van der Waals surface area contributed by atoms with Crippen molar-refractivity contribution in [3.05, 3.63) is 29.8 Å². The van der Waals surface area contributed by atoms with E-state index in [1.54, 1.807) is 0 Å². The normalized spacial score (nSPS) is 15.8. The third-order valence-corrected chi connectivity index (χ3v) is 4.55. The molecule has 0 unspecified atom stereocenters. The molecule has 1 fully saturated rings. The molecule has 24 heavy (non-hydrogen) atoms. The highest BCUT2D eigenvalue weighted by molar-refractivity contribution is 5.94. The third-order valence-electron chi connectivity index (χ3n) is 4.55. The van der Waals surface area contributed by atoms with Crippen LogP contribution in [0.3, 0.4) is 0 Å². The number of nitrogens with one attached hydrogen (secondary N) is 2. The molecule has 5 heteroatoms. The largest absolute Gasteiger partial charge is 0.369 e. The fourth-order valence-corrected chi connectivity index (χ4v) is 2.99. The third kappa shape index (κ3) is 5.49. The van der Waals surface area contributed by atoms with Crippen molar-refractivity contribution in [3.63, 3.8) is 0 Å². The number of carbonyl (C=O) groups is 1. The van der Waals surface area contributed by atoms with Crippen LogP contribution in [0.1, 0.15) is 37.6 Å². The molecule has 0 aromatic heterocycles. The molecule has 0 radical (unpaired) electrons. The average Bonchev–Trinajstić information content (AvgIpc) is 2.61. The summed E-state index contributed by atoms with van der Waals surface area (Å²) in [4.78, 5) is 17.0. The maximum atomic E-state index is 12.1. The molecule has 5 nitrogen and oxygen atoms in total. The van der Waals surface area contributed by atoms with E-state index in [0.29, 0.717) is 12.6 Å². The minimum Gasteiger partial charge on any atom is -0.369 e. The Hall–Kier alpha value is -1.59. The summed E-state index contributed by atoms with van der Waals surface area (Å²) in [5.74, 6) is 0.00414. The van der Waals surface area contributed by atoms with Crippen molar-refractivity contribution >= 4 is 11.6 Å². The van der Waals surface area contributed by atoms with Crippen molar-refractivity contribution < 1.29 is 4.79 Å². The lowest BCUT2D eigenvalue weighted by atomic mass is 10.1. The van der Waals surface area contributed by atoms with Gasteiger partial charge in [-0.25, -0.2) is 0 Å². The molecule has 0 saturated carbocycles. The average molecular weight is 332 g/mol. The van der Waals surface area contributed by atoms with Crippen LogP contribution < -0.4 is 15.5 Å². The molecule has 1 amide bonds. The number of rotatable bonds is 8. The molecule has 1 saturated heterocycles. The van der Waals surface area contributed by atoms with Gasteiger partial charge in [0.15, 0.2) is 0 Å². The number of hydrogen-bond acceptors (Lipinski definition) is 4. The van der Waals surface area contributed by atoms with E-state index in [1.807, 2.05) is 12.1 Å². The Morgan fingerprint density at radius 1 is 1.04 bits per heavy atom. The first-order chi connectivity index (χ1) is 11.6. The van der Waals surface area contributed by atoms with E-state index in [2.05, 4.69) is 53.3 Å². The summed E-state index contributed by atoms with van der Waals surface area (Å²) in [6, 6.07) is 8.60. The monoisotopic (exact) mass is 332 g/mol. The molecule has 2 N–H and O–H groups in total. The van der Waals surface area contributed by atoms with Gasteiger partial charge in [-0.1, -0.05) is 6.92 Å². The lowest BCUT2D eigenvalue weighted by Crippen LogP contribution is -2.48. The highest BCUT2D eigenvalue weighted by atomic mass is 16.1. The fourth-order valence-electron chi connectivity index (χ4n) is 2.99. The Morgan fingerprint density at radius 3 is 2.29 bits per heavy atom. The predicted molar refractivity (Wildman–Crippen MR) is 101 cm³/mol. The van der Waals surface area contributed by atoms with Gasteiger partial charge in [-0.3, -0.25) is 9.69 Å². The van der Waals surface area contributed by atoms with Gasteiger partial charge in [0.05, 0.1) is 0 Å². The molecule has 2 rings (SSSR count). The predicted octanol–water partition coefficient (Wildman–Crippen LogP) is 1.95. The highest BCUT2D eigenvalue weighted by Crippen LogP contribution is 2.18. The second kappa shape index (κ2) is 9.64. The minimum atomic E-state index is 0.00414. The molecule has 1 aromatic rings. The number of benzene rings is 1. The summed E-state index contributed by atoms with van der Waals surface area (Å²) >= 11 is 0. The van der Waals surface area contributed by atoms with Crippen LogP contribution in [0.4, 0.5) is 5.69 Å². The summed E-state index contributed by atoms with van der Waals surface area (Å²) in [5.41, 5.74) is 1.94. The molecular weight excluding hydrogens is 300 g/mol. The van der Waals surface area contributed by atoms with E-state index in [9.17, 15) is 4.79 Å². The second-order valence-electron chi connectivity index (χ2n) is 6.67. The Bertz CT molecular complexity index is 493. The standard InChI is InChI=1S/C19H32N4O/c1-4-9-20-10-11-21-19(24)17-5-7-18(8-6-17)23-14-12-22(13-15-23)16(2)3/h5-8,16,20H,4,9-15H2,1-3H3,(H,21,24). The lowest BCUT2D eigenvalue weighted by Gasteiger charge is -2.38. The van der Waals surface area contributed by atoms with E-state index in [1.165, 1.54) is 5.69 Å². The summed E-state index contributed by atoms with van der Waals surface area (Å²) < 4.78 is 0. The maximum absolute atomic E-state index is 12.1. The molecule has 1 aliphatic rings. The van der Waals surface area contributed by atoms with Crippen LogP contribution in [-0.2, 0) is 0 Å². The highest BCUT2D eigenvalue weighted by Gasteiger charge is 2.19. The molecule has 1 aromatic carbocycles. The Kier molecular flexibility index (Phi) is 7.53. The smallest absolute Gasteiger partial charge is 0.251 e. The summed E-state index contributed by atoms with van der Waals surface area (Å²) in [6.45, 7) is 13.4. The van der Waals surface area contributed by atoms with E-state index in [-0.39, 0.29) is 5.91 Å². The van der Waals surface area contributed by atoms with Crippen LogP contribution in [0.15, 0.2) is 24.3 Å². The van der Waals surface area contributed by atoms with Gasteiger partial charge in [0.1, 0.15) is 0 Å². The second-order valence-corrected chi connectivity index (χ2v) is 6.67. The number of amides is 1. The number of hydrogen-bond donors (Lipinski definition) is 2. The zero-order valence-corrected chi connectivity index (χ0v) is 15.3. The van der Waals surface area contributed by atoms with E-state index >= 15 is 0 Å². The Morgan fingerprint density at radius 2 is 1.71 bits per heavy atom. The molecule has 0 spiro atoms. The lowest BCUT2D eigenvalue weighted by molar-refractivity contribution is 0.0954. The van der Waals surface area contributed by atoms with Crippen molar-refractivity contribution in [3.8, 4) is 0 Å². The Labute approximate surface area is 146 Å². The maximum Gasteiger partial charge on any atom is 0.251 e. The topological polar surface area (TPSA) is 47.6 Å². The Balaban J connectivity index is 1.79. The zero-order valence-electron chi connectivity index (χ0n) is 15.3. The number of piperazine rings is 1. The summed E-state index contributed by atoms with van der Waals surface area (Å²) in [5, 5.41) is 6.23. The molecule has 1 aliphatic heterocycles. The van der Waals surface area contributed by atoms with Crippen molar-refractivity contribution in [2.75, 3.05) is 50.7 Å². The van der Waals surface area contributed by atoms with Crippen molar-refractivity contribution in [2.24, 2.45) is 0 Å². The van der Waals surface area contributed by atoms with Gasteiger partial charge >= 0.3 is 0 Å². The van der Waals surface area contributed by atoms with Gasteiger partial charge in [-0.2, -0.15) is 0 Å². The molecule has 0 atom stereocenters. The summed E-state index contributed by atoms with van der Waals surface area (Å²) in [7, 11) is 0. The van der Waals surface area contributed by atoms with Crippen molar-refractivity contribution in [1.29, 1.82) is 0 Å². The first-order valence-corrected chi connectivity index (χ1v) is 9.19. The van der Waals surface area contributed by atoms with Gasteiger partial charge in [0.25, 0.3) is 5.91 Å².